The minimum Gasteiger partial charge on any atom is -0.493 e. The van der Waals surface area contributed by atoms with Crippen molar-refractivity contribution in [3.8, 4) is 5.75 Å². The molecule has 0 saturated carbocycles. The van der Waals surface area contributed by atoms with Crippen LogP contribution in [0.25, 0.3) is 10.8 Å². The Labute approximate surface area is 229 Å². The van der Waals surface area contributed by atoms with Gasteiger partial charge in [0.05, 0.1) is 22.9 Å². The second kappa shape index (κ2) is 12.0. The van der Waals surface area contributed by atoms with E-state index in [9.17, 15) is 9.00 Å². The number of amides is 1. The zero-order valence-electron chi connectivity index (χ0n) is 21.7. The first kappa shape index (κ1) is 26.3. The lowest BCUT2D eigenvalue weighted by Crippen LogP contribution is -2.30. The molecule has 1 aromatic heterocycles. The summed E-state index contributed by atoms with van der Waals surface area (Å²) < 4.78 is 23.7. The van der Waals surface area contributed by atoms with Gasteiger partial charge in [-0.2, -0.15) is 5.10 Å². The quantitative estimate of drug-likeness (QED) is 0.228. The fourth-order valence-electron chi connectivity index (χ4n) is 4.47. The molecule has 5 aromatic rings. The minimum absolute atomic E-state index is 0.166. The summed E-state index contributed by atoms with van der Waals surface area (Å²) in [5, 5.41) is 6.72. The number of hydrogen-bond donors (Lipinski definition) is 1. The summed E-state index contributed by atoms with van der Waals surface area (Å²) in [5.41, 5.74) is 3.18. The van der Waals surface area contributed by atoms with Gasteiger partial charge >= 0.3 is 0 Å². The van der Waals surface area contributed by atoms with Gasteiger partial charge in [0, 0.05) is 30.1 Å². The van der Waals surface area contributed by atoms with Crippen molar-refractivity contribution in [3.63, 3.8) is 0 Å². The zero-order valence-corrected chi connectivity index (χ0v) is 22.5. The summed E-state index contributed by atoms with van der Waals surface area (Å²) in [4.78, 5) is 13.2. The number of nitrogens with zero attached hydrogens (tertiary/aromatic N) is 2. The van der Waals surface area contributed by atoms with Gasteiger partial charge in [-0.25, -0.2) is 4.21 Å². The largest absolute Gasteiger partial charge is 0.493 e. The standard InChI is InChI=1S/C32H31N3O3S/c1-39(37,30-10-3-2-4-11-30)34-32(36)17-16-28-15-13-26(24-35-20-7-19-33-35)23-31(28)38-21-18-25-12-14-27-8-5-6-9-29(27)22-25/h2-15,19-20,22-23H,1,16-18,21,24H2,(H,34,36,37). The summed E-state index contributed by atoms with van der Waals surface area (Å²) in [6.45, 7) is 1.12. The molecule has 0 fully saturated rings. The van der Waals surface area contributed by atoms with E-state index in [-0.39, 0.29) is 12.3 Å². The Morgan fingerprint density at radius 1 is 0.872 bits per heavy atom. The number of rotatable bonds is 11. The number of aryl methyl sites for hydroxylation is 1. The van der Waals surface area contributed by atoms with Crippen molar-refractivity contribution < 1.29 is 13.7 Å². The highest BCUT2D eigenvalue weighted by Crippen LogP contribution is 2.24. The predicted octanol–water partition coefficient (Wildman–Crippen LogP) is 5.45. The maximum absolute atomic E-state index is 13.0. The molecule has 0 radical (unpaired) electrons. The van der Waals surface area contributed by atoms with Crippen LogP contribution in [0.2, 0.25) is 0 Å². The van der Waals surface area contributed by atoms with E-state index in [4.69, 9.17) is 4.74 Å². The summed E-state index contributed by atoms with van der Waals surface area (Å²) in [7, 11) is -2.91. The average molecular weight is 538 g/mol. The van der Waals surface area contributed by atoms with Crippen LogP contribution in [0.3, 0.4) is 0 Å². The third-order valence-electron chi connectivity index (χ3n) is 6.52. The minimum atomic E-state index is -2.91. The third-order valence-corrected chi connectivity index (χ3v) is 8.11. The first-order chi connectivity index (χ1) is 19.0. The van der Waals surface area contributed by atoms with Crippen LogP contribution in [0.5, 0.6) is 5.75 Å². The molecule has 0 aliphatic carbocycles. The van der Waals surface area contributed by atoms with Crippen molar-refractivity contribution in [3.05, 3.63) is 126 Å². The number of benzene rings is 4. The van der Waals surface area contributed by atoms with E-state index in [0.29, 0.717) is 24.5 Å². The molecule has 1 N–H and O–H groups in total. The van der Waals surface area contributed by atoms with E-state index in [1.165, 1.54) is 16.3 Å². The highest BCUT2D eigenvalue weighted by Gasteiger charge is 2.14. The maximum atomic E-state index is 13.0. The Morgan fingerprint density at radius 3 is 2.44 bits per heavy atom. The molecule has 0 spiro atoms. The van der Waals surface area contributed by atoms with Gasteiger partial charge in [-0.1, -0.05) is 72.8 Å². The summed E-state index contributed by atoms with van der Waals surface area (Å²) in [5.74, 6) is 4.18. The van der Waals surface area contributed by atoms with Gasteiger partial charge in [-0.3, -0.25) is 14.2 Å². The Morgan fingerprint density at radius 2 is 1.64 bits per heavy atom. The van der Waals surface area contributed by atoms with Gasteiger partial charge < -0.3 is 4.74 Å². The van der Waals surface area contributed by atoms with Crippen molar-refractivity contribution in [2.24, 2.45) is 0 Å². The van der Waals surface area contributed by atoms with Crippen LogP contribution in [0, 0.1) is 0 Å². The second-order valence-electron chi connectivity index (χ2n) is 9.44. The smallest absolute Gasteiger partial charge is 0.231 e. The summed E-state index contributed by atoms with van der Waals surface area (Å²) >= 11 is 0. The van der Waals surface area contributed by atoms with Crippen LogP contribution in [0.4, 0.5) is 0 Å². The van der Waals surface area contributed by atoms with Gasteiger partial charge in [-0.05, 0) is 64.0 Å². The predicted molar refractivity (Wildman–Crippen MR) is 157 cm³/mol. The van der Waals surface area contributed by atoms with E-state index in [1.807, 2.05) is 53.3 Å². The molecule has 1 atom stereocenters. The van der Waals surface area contributed by atoms with Gasteiger partial charge in [0.25, 0.3) is 0 Å². The number of aromatic nitrogens is 2. The molecule has 0 saturated heterocycles. The number of fused-ring (bicyclic) bond motifs is 1. The zero-order chi connectivity index (χ0) is 27.1. The van der Waals surface area contributed by atoms with Gasteiger partial charge in [0.1, 0.15) is 5.75 Å². The Hall–Kier alpha value is -4.36. The molecule has 5 rings (SSSR count). The second-order valence-corrected chi connectivity index (χ2v) is 11.5. The van der Waals surface area contributed by atoms with E-state index in [0.717, 1.165) is 23.3 Å². The molecular weight excluding hydrogens is 506 g/mol. The molecule has 7 heteroatoms. The highest BCUT2D eigenvalue weighted by molar-refractivity contribution is 7.99. The Balaban J connectivity index is 1.27. The molecule has 0 bridgehead atoms. The molecule has 198 valence electrons. The Kier molecular flexibility index (Phi) is 8.08. The fraction of sp³-hybridized carbons (Fsp3) is 0.156. The Bertz CT molecular complexity index is 1660. The number of carbonyl (C=O) groups excluding carboxylic acids is 1. The van der Waals surface area contributed by atoms with Crippen molar-refractivity contribution in [1.29, 1.82) is 0 Å². The van der Waals surface area contributed by atoms with Gasteiger partial charge in [0.2, 0.25) is 5.91 Å². The molecular formula is C32H31N3O3S. The highest BCUT2D eigenvalue weighted by atomic mass is 32.2. The van der Waals surface area contributed by atoms with Crippen molar-refractivity contribution in [2.75, 3.05) is 6.61 Å². The molecule has 0 aliphatic heterocycles. The van der Waals surface area contributed by atoms with E-state index in [2.05, 4.69) is 46.0 Å². The van der Waals surface area contributed by atoms with Crippen LogP contribution in [-0.4, -0.2) is 32.4 Å². The van der Waals surface area contributed by atoms with Crippen molar-refractivity contribution >= 4 is 32.3 Å². The lowest BCUT2D eigenvalue weighted by atomic mass is 10.0. The van der Waals surface area contributed by atoms with Crippen LogP contribution >= 0.6 is 0 Å². The maximum Gasteiger partial charge on any atom is 0.231 e. The fourth-order valence-corrected chi connectivity index (χ4v) is 5.66. The van der Waals surface area contributed by atoms with E-state index in [1.54, 1.807) is 30.5 Å². The first-order valence-electron chi connectivity index (χ1n) is 12.9. The van der Waals surface area contributed by atoms with Crippen LogP contribution in [0.15, 0.2) is 114 Å². The topological polar surface area (TPSA) is 73.2 Å². The van der Waals surface area contributed by atoms with E-state index >= 15 is 0 Å². The number of carbonyl (C=O) groups is 1. The monoisotopic (exact) mass is 537 g/mol. The molecule has 1 unspecified atom stereocenters. The average Bonchev–Trinajstić information content (AvgIpc) is 3.46. The van der Waals surface area contributed by atoms with Gasteiger partial charge in [-0.15, -0.1) is 0 Å². The number of ether oxygens (including phenoxy) is 1. The normalized spacial score (nSPS) is 12.6. The molecule has 6 nitrogen and oxygen atoms in total. The molecule has 4 aromatic carbocycles. The number of hydrogen-bond acceptors (Lipinski definition) is 4. The van der Waals surface area contributed by atoms with Crippen molar-refractivity contribution in [2.45, 2.75) is 30.7 Å². The lowest BCUT2D eigenvalue weighted by molar-refractivity contribution is -0.119. The number of nitrogens with one attached hydrogen (secondary N) is 1. The van der Waals surface area contributed by atoms with Crippen LogP contribution in [0.1, 0.15) is 23.1 Å². The molecule has 1 amide bonds. The van der Waals surface area contributed by atoms with Crippen molar-refractivity contribution in [1.82, 2.24) is 14.5 Å². The summed E-state index contributed by atoms with van der Waals surface area (Å²) in [6.07, 6.45) is 5.04. The summed E-state index contributed by atoms with van der Waals surface area (Å²) in [6, 6.07) is 31.5. The third kappa shape index (κ3) is 6.94. The van der Waals surface area contributed by atoms with Crippen LogP contribution < -0.4 is 9.46 Å². The first-order valence-corrected chi connectivity index (χ1v) is 14.6. The molecule has 1 heterocycles. The van der Waals surface area contributed by atoms with Gasteiger partial charge in [0.15, 0.2) is 0 Å². The van der Waals surface area contributed by atoms with Crippen LogP contribution in [-0.2, 0) is 33.9 Å². The lowest BCUT2D eigenvalue weighted by Gasteiger charge is -2.15. The van der Waals surface area contributed by atoms with E-state index < -0.39 is 9.71 Å². The SMILES string of the molecule is C=S(=O)(NC(=O)CCc1ccc(Cn2cccn2)cc1OCCc1ccc2ccccc2c1)c1ccccc1. The molecule has 0 aliphatic rings. The molecule has 39 heavy (non-hydrogen) atoms.